The molecule has 0 aromatic heterocycles. The number of carbonyl (C=O) groups is 1. The SMILES string of the molecule is COC[C@@H]1CN(C(=O)[C@@H]2CCCCN2)C[C@H]1C. The minimum absolute atomic E-state index is 0.0669. The Kier molecular flexibility index (Phi) is 4.40. The fraction of sp³-hybridized carbons (Fsp3) is 0.923. The quantitative estimate of drug-likeness (QED) is 0.796. The third-order valence-corrected chi connectivity index (χ3v) is 4.07. The number of hydrogen-bond donors (Lipinski definition) is 1. The van der Waals surface area contributed by atoms with Crippen molar-refractivity contribution in [3.63, 3.8) is 0 Å². The van der Waals surface area contributed by atoms with Gasteiger partial charge in [-0.25, -0.2) is 0 Å². The molecule has 2 aliphatic rings. The normalized spacial score (nSPS) is 34.0. The van der Waals surface area contributed by atoms with E-state index < -0.39 is 0 Å². The Labute approximate surface area is 104 Å². The highest BCUT2D eigenvalue weighted by Crippen LogP contribution is 2.24. The number of methoxy groups -OCH3 is 1. The second-order valence-electron chi connectivity index (χ2n) is 5.44. The maximum atomic E-state index is 12.3. The molecule has 0 aromatic rings. The molecule has 0 radical (unpaired) electrons. The molecule has 2 aliphatic heterocycles. The highest BCUT2D eigenvalue weighted by molar-refractivity contribution is 5.82. The average Bonchev–Trinajstić information content (AvgIpc) is 2.72. The molecule has 2 heterocycles. The van der Waals surface area contributed by atoms with E-state index >= 15 is 0 Å². The maximum Gasteiger partial charge on any atom is 0.239 e. The first-order chi connectivity index (χ1) is 8.22. The standard InChI is InChI=1S/C13H24N2O2/c1-10-7-15(8-11(10)9-17-2)13(16)12-5-3-4-6-14-12/h10-12,14H,3-9H2,1-2H3/t10-,11+,12+/m1/s1. The number of likely N-dealkylation sites (tertiary alicyclic amines) is 1. The average molecular weight is 240 g/mol. The van der Waals surface area contributed by atoms with Crippen molar-refractivity contribution in [1.82, 2.24) is 10.2 Å². The van der Waals surface area contributed by atoms with Crippen LogP contribution in [0.3, 0.4) is 0 Å². The first kappa shape index (κ1) is 12.8. The second kappa shape index (κ2) is 5.83. The van der Waals surface area contributed by atoms with Crippen LogP contribution in [-0.2, 0) is 9.53 Å². The number of carbonyl (C=O) groups excluding carboxylic acids is 1. The maximum absolute atomic E-state index is 12.3. The van der Waals surface area contributed by atoms with Crippen LogP contribution in [-0.4, -0.2) is 50.2 Å². The van der Waals surface area contributed by atoms with Gasteiger partial charge in [0.2, 0.25) is 5.91 Å². The van der Waals surface area contributed by atoms with Crippen molar-refractivity contribution < 1.29 is 9.53 Å². The van der Waals surface area contributed by atoms with Crippen LogP contribution in [0.2, 0.25) is 0 Å². The van der Waals surface area contributed by atoms with Crippen LogP contribution in [0, 0.1) is 11.8 Å². The van der Waals surface area contributed by atoms with Crippen molar-refractivity contribution in [3.05, 3.63) is 0 Å². The predicted molar refractivity (Wildman–Crippen MR) is 66.8 cm³/mol. The molecule has 98 valence electrons. The Balaban J connectivity index is 1.88. The van der Waals surface area contributed by atoms with Crippen molar-refractivity contribution in [2.75, 3.05) is 33.4 Å². The zero-order valence-corrected chi connectivity index (χ0v) is 10.9. The molecule has 1 N–H and O–H groups in total. The Morgan fingerprint density at radius 3 is 2.88 bits per heavy atom. The van der Waals surface area contributed by atoms with Crippen LogP contribution in [0.5, 0.6) is 0 Å². The van der Waals surface area contributed by atoms with E-state index in [4.69, 9.17) is 4.74 Å². The molecule has 0 aliphatic carbocycles. The molecule has 1 amide bonds. The van der Waals surface area contributed by atoms with Gasteiger partial charge < -0.3 is 15.0 Å². The highest BCUT2D eigenvalue weighted by Gasteiger charge is 2.35. The zero-order valence-electron chi connectivity index (χ0n) is 10.9. The Morgan fingerprint density at radius 1 is 1.41 bits per heavy atom. The molecular formula is C13H24N2O2. The Morgan fingerprint density at radius 2 is 2.24 bits per heavy atom. The summed E-state index contributed by atoms with van der Waals surface area (Å²) in [6.45, 7) is 5.73. The topological polar surface area (TPSA) is 41.6 Å². The van der Waals surface area contributed by atoms with Crippen molar-refractivity contribution in [2.24, 2.45) is 11.8 Å². The van der Waals surface area contributed by atoms with Crippen LogP contribution in [0.4, 0.5) is 0 Å². The van der Waals surface area contributed by atoms with Gasteiger partial charge in [0.15, 0.2) is 0 Å². The molecule has 2 fully saturated rings. The monoisotopic (exact) mass is 240 g/mol. The lowest BCUT2D eigenvalue weighted by Crippen LogP contribution is -2.48. The second-order valence-corrected chi connectivity index (χ2v) is 5.44. The lowest BCUT2D eigenvalue weighted by atomic mass is 10.00. The number of piperidine rings is 1. The van der Waals surface area contributed by atoms with Crippen LogP contribution in [0.25, 0.3) is 0 Å². The van der Waals surface area contributed by atoms with E-state index in [0.717, 1.165) is 32.7 Å². The highest BCUT2D eigenvalue weighted by atomic mass is 16.5. The molecule has 0 bridgehead atoms. The molecule has 0 unspecified atom stereocenters. The van der Waals surface area contributed by atoms with Crippen molar-refractivity contribution in [2.45, 2.75) is 32.2 Å². The summed E-state index contributed by atoms with van der Waals surface area (Å²) in [7, 11) is 1.74. The van der Waals surface area contributed by atoms with Crippen LogP contribution >= 0.6 is 0 Å². The summed E-state index contributed by atoms with van der Waals surface area (Å²) in [6.07, 6.45) is 3.37. The van der Waals surface area contributed by atoms with Crippen LogP contribution < -0.4 is 5.32 Å². The number of nitrogens with one attached hydrogen (secondary N) is 1. The first-order valence-corrected chi connectivity index (χ1v) is 6.73. The molecule has 3 atom stereocenters. The number of ether oxygens (including phenoxy) is 1. The smallest absolute Gasteiger partial charge is 0.239 e. The van der Waals surface area contributed by atoms with Gasteiger partial charge in [-0.2, -0.15) is 0 Å². The number of amides is 1. The van der Waals surface area contributed by atoms with Gasteiger partial charge >= 0.3 is 0 Å². The third kappa shape index (κ3) is 2.99. The lowest BCUT2D eigenvalue weighted by molar-refractivity contribution is -0.133. The summed E-state index contributed by atoms with van der Waals surface area (Å²) in [5, 5.41) is 3.33. The van der Waals surface area contributed by atoms with Gasteiger partial charge in [0, 0.05) is 26.1 Å². The molecule has 0 saturated carbocycles. The van der Waals surface area contributed by atoms with Crippen molar-refractivity contribution >= 4 is 5.91 Å². The Hall–Kier alpha value is -0.610. The number of nitrogens with zero attached hydrogens (tertiary/aromatic N) is 1. The molecule has 4 nitrogen and oxygen atoms in total. The van der Waals surface area contributed by atoms with Gasteiger partial charge in [0.05, 0.1) is 12.6 Å². The van der Waals surface area contributed by atoms with E-state index in [-0.39, 0.29) is 6.04 Å². The summed E-state index contributed by atoms with van der Waals surface area (Å²) in [5.41, 5.74) is 0. The summed E-state index contributed by atoms with van der Waals surface area (Å²) >= 11 is 0. The largest absolute Gasteiger partial charge is 0.384 e. The predicted octanol–water partition coefficient (Wildman–Crippen LogP) is 0.869. The molecule has 0 spiro atoms. The van der Waals surface area contributed by atoms with E-state index in [1.54, 1.807) is 7.11 Å². The first-order valence-electron chi connectivity index (χ1n) is 6.73. The van der Waals surface area contributed by atoms with Gasteiger partial charge in [-0.05, 0) is 25.3 Å². The molecule has 2 rings (SSSR count). The van der Waals surface area contributed by atoms with Gasteiger partial charge in [0.25, 0.3) is 0 Å². The molecule has 2 saturated heterocycles. The molecule has 17 heavy (non-hydrogen) atoms. The fourth-order valence-electron chi connectivity index (χ4n) is 2.93. The molecule has 0 aromatic carbocycles. The van der Waals surface area contributed by atoms with E-state index in [1.807, 2.05) is 4.90 Å². The molecule has 4 heteroatoms. The van der Waals surface area contributed by atoms with Gasteiger partial charge in [-0.1, -0.05) is 13.3 Å². The van der Waals surface area contributed by atoms with Crippen molar-refractivity contribution in [3.8, 4) is 0 Å². The molecular weight excluding hydrogens is 216 g/mol. The van der Waals surface area contributed by atoms with Gasteiger partial charge in [-0.3, -0.25) is 4.79 Å². The Bertz CT molecular complexity index is 264. The number of hydrogen-bond acceptors (Lipinski definition) is 3. The lowest BCUT2D eigenvalue weighted by Gasteiger charge is -2.27. The summed E-state index contributed by atoms with van der Waals surface area (Å²) in [5.74, 6) is 1.37. The zero-order chi connectivity index (χ0) is 12.3. The summed E-state index contributed by atoms with van der Waals surface area (Å²) < 4.78 is 5.22. The van der Waals surface area contributed by atoms with Crippen LogP contribution in [0.1, 0.15) is 26.2 Å². The van der Waals surface area contributed by atoms with E-state index in [2.05, 4.69) is 12.2 Å². The summed E-state index contributed by atoms with van der Waals surface area (Å²) in [6, 6.07) is 0.0669. The fourth-order valence-corrected chi connectivity index (χ4v) is 2.93. The van der Waals surface area contributed by atoms with E-state index in [9.17, 15) is 4.79 Å². The van der Waals surface area contributed by atoms with Crippen molar-refractivity contribution in [1.29, 1.82) is 0 Å². The number of rotatable bonds is 3. The third-order valence-electron chi connectivity index (χ3n) is 4.07. The van der Waals surface area contributed by atoms with Crippen LogP contribution in [0.15, 0.2) is 0 Å². The van der Waals surface area contributed by atoms with E-state index in [0.29, 0.717) is 17.7 Å². The summed E-state index contributed by atoms with van der Waals surface area (Å²) in [4.78, 5) is 14.3. The van der Waals surface area contributed by atoms with Gasteiger partial charge in [-0.15, -0.1) is 0 Å². The minimum atomic E-state index is 0.0669. The van der Waals surface area contributed by atoms with E-state index in [1.165, 1.54) is 12.8 Å². The van der Waals surface area contributed by atoms with Gasteiger partial charge in [0.1, 0.15) is 0 Å². The minimum Gasteiger partial charge on any atom is -0.384 e.